The highest BCUT2D eigenvalue weighted by Crippen LogP contribution is 2.31. The molecule has 2 heterocycles. The van der Waals surface area contributed by atoms with Crippen LogP contribution in [0, 0.1) is 5.41 Å². The molecule has 1 aliphatic rings. The number of rotatable bonds is 5. The smallest absolute Gasteiger partial charge is 0.381 e. The third-order valence-corrected chi connectivity index (χ3v) is 4.90. The van der Waals surface area contributed by atoms with Crippen LogP contribution in [0.15, 0.2) is 30.5 Å². The van der Waals surface area contributed by atoms with Gasteiger partial charge in [-0.15, -0.1) is 0 Å². The zero-order valence-electron chi connectivity index (χ0n) is 15.4. The number of amides is 1. The zero-order chi connectivity index (χ0) is 21.9. The van der Waals surface area contributed by atoms with E-state index in [0.29, 0.717) is 26.1 Å². The summed E-state index contributed by atoms with van der Waals surface area (Å²) in [6, 6.07) is 3.76. The maximum Gasteiger partial charge on any atom is 0.416 e. The summed E-state index contributed by atoms with van der Waals surface area (Å²) >= 11 is 6.18. The third kappa shape index (κ3) is 5.06. The molecule has 1 fully saturated rings. The van der Waals surface area contributed by atoms with E-state index >= 15 is 0 Å². The molecule has 0 atom stereocenters. The molecule has 2 aromatic rings. The van der Waals surface area contributed by atoms with Gasteiger partial charge in [-0.05, 0) is 37.1 Å². The van der Waals surface area contributed by atoms with E-state index in [-0.39, 0.29) is 33.7 Å². The number of carbonyl (C=O) groups is 1. The minimum Gasteiger partial charge on any atom is -0.381 e. The van der Waals surface area contributed by atoms with Gasteiger partial charge >= 0.3 is 6.18 Å². The van der Waals surface area contributed by atoms with Crippen molar-refractivity contribution >= 4 is 35.0 Å². The summed E-state index contributed by atoms with van der Waals surface area (Å²) in [6.07, 6.45) is -2.06. The first kappa shape index (κ1) is 22.0. The molecule has 0 aliphatic carbocycles. The fourth-order valence-corrected chi connectivity index (χ4v) is 3.24. The van der Waals surface area contributed by atoms with Gasteiger partial charge in [-0.25, -0.2) is 4.98 Å². The highest BCUT2D eigenvalue weighted by atomic mass is 35.5. The number of nitrogens with zero attached hydrogens (tertiary/aromatic N) is 1. The Balaban J connectivity index is 1.82. The van der Waals surface area contributed by atoms with Crippen molar-refractivity contribution in [1.29, 1.82) is 5.41 Å². The van der Waals surface area contributed by atoms with Crippen LogP contribution in [0.25, 0.3) is 0 Å². The molecule has 1 amide bonds. The Kier molecular flexibility index (Phi) is 6.57. The minimum absolute atomic E-state index is 0.0329. The van der Waals surface area contributed by atoms with Crippen LogP contribution in [-0.4, -0.2) is 36.1 Å². The summed E-state index contributed by atoms with van der Waals surface area (Å²) in [5.41, 5.74) is -1.35. The summed E-state index contributed by atoms with van der Waals surface area (Å²) < 4.78 is 57.1. The van der Waals surface area contributed by atoms with Crippen LogP contribution in [0.5, 0.6) is 0 Å². The van der Waals surface area contributed by atoms with Gasteiger partial charge in [0.2, 0.25) is 5.97 Å². The van der Waals surface area contributed by atoms with Gasteiger partial charge < -0.3 is 15.4 Å². The molecular weight excluding hydrogens is 428 g/mol. The average Bonchev–Trinajstić information content (AvgIpc) is 2.68. The van der Waals surface area contributed by atoms with Gasteiger partial charge in [0.25, 0.3) is 5.91 Å². The molecule has 6 nitrogen and oxygen atoms in total. The van der Waals surface area contributed by atoms with E-state index in [1.54, 1.807) is 0 Å². The van der Waals surface area contributed by atoms with Crippen molar-refractivity contribution in [3.8, 4) is 0 Å². The molecule has 0 saturated carbocycles. The normalized spacial score (nSPS) is 15.0. The number of nitrogens with one attached hydrogen (secondary N) is 3. The van der Waals surface area contributed by atoms with Gasteiger partial charge in [0, 0.05) is 31.1 Å². The zero-order valence-corrected chi connectivity index (χ0v) is 16.2. The molecule has 0 radical (unpaired) electrons. The van der Waals surface area contributed by atoms with Crippen molar-refractivity contribution in [1.82, 2.24) is 4.98 Å². The van der Waals surface area contributed by atoms with Gasteiger partial charge in [-0.1, -0.05) is 11.6 Å². The highest BCUT2D eigenvalue weighted by Gasteiger charge is 2.30. The van der Waals surface area contributed by atoms with E-state index in [1.807, 2.05) is 0 Å². The Morgan fingerprint density at radius 3 is 2.40 bits per heavy atom. The number of benzene rings is 1. The number of halogens is 5. The standard InChI is InChI=1S/C19H17ClF4N4O2/c20-15-13(18(29)28-11-3-1-10(2-4-11)19(22,23)24)9-26-17(14(15)16(21)25)27-12-5-7-30-8-6-12/h1-4,9,12,25H,5-8H2,(H,26,27)(H,28,29). The average molecular weight is 445 g/mol. The van der Waals surface area contributed by atoms with Crippen LogP contribution in [0.2, 0.25) is 5.02 Å². The van der Waals surface area contributed by atoms with E-state index < -0.39 is 23.6 Å². The van der Waals surface area contributed by atoms with Crippen molar-refractivity contribution < 1.29 is 27.1 Å². The largest absolute Gasteiger partial charge is 0.416 e. The molecule has 1 aliphatic heterocycles. The van der Waals surface area contributed by atoms with Gasteiger partial charge in [0.05, 0.1) is 21.7 Å². The lowest BCUT2D eigenvalue weighted by atomic mass is 10.1. The topological polar surface area (TPSA) is 87.1 Å². The summed E-state index contributed by atoms with van der Waals surface area (Å²) in [5, 5.41) is 12.5. The maximum absolute atomic E-state index is 13.9. The van der Waals surface area contributed by atoms with E-state index in [0.717, 1.165) is 30.5 Å². The number of hydrogen-bond donors (Lipinski definition) is 3. The summed E-state index contributed by atoms with van der Waals surface area (Å²) in [6.45, 7) is 1.06. The molecular formula is C19H17ClF4N4O2. The minimum atomic E-state index is -4.50. The lowest BCUT2D eigenvalue weighted by Crippen LogP contribution is -2.29. The quantitative estimate of drug-likeness (QED) is 0.452. The van der Waals surface area contributed by atoms with Gasteiger partial charge in [-0.2, -0.15) is 17.6 Å². The summed E-state index contributed by atoms with van der Waals surface area (Å²) in [4.78, 5) is 16.5. The van der Waals surface area contributed by atoms with Crippen LogP contribution >= 0.6 is 11.6 Å². The first-order chi connectivity index (χ1) is 14.2. The van der Waals surface area contributed by atoms with E-state index in [4.69, 9.17) is 21.7 Å². The number of alkyl halides is 3. The highest BCUT2D eigenvalue weighted by molar-refractivity contribution is 6.37. The molecule has 0 spiro atoms. The van der Waals surface area contributed by atoms with Crippen LogP contribution in [0.1, 0.15) is 34.3 Å². The van der Waals surface area contributed by atoms with Gasteiger partial charge in [-0.3, -0.25) is 10.2 Å². The second-order valence-corrected chi connectivity index (χ2v) is 6.96. The second-order valence-electron chi connectivity index (χ2n) is 6.58. The number of ether oxygens (including phenoxy) is 1. The number of anilines is 2. The number of aromatic nitrogens is 1. The molecule has 1 saturated heterocycles. The predicted molar refractivity (Wildman–Crippen MR) is 104 cm³/mol. The summed E-state index contributed by atoms with van der Waals surface area (Å²) in [5.74, 6) is -2.14. The van der Waals surface area contributed by atoms with Gasteiger partial charge in [0.1, 0.15) is 5.82 Å². The lowest BCUT2D eigenvalue weighted by Gasteiger charge is -2.24. The van der Waals surface area contributed by atoms with Gasteiger partial charge in [0.15, 0.2) is 0 Å². The number of carbonyl (C=O) groups excluding carboxylic acids is 1. The van der Waals surface area contributed by atoms with E-state index in [1.165, 1.54) is 0 Å². The Hall–Kier alpha value is -2.72. The Morgan fingerprint density at radius 2 is 1.83 bits per heavy atom. The van der Waals surface area contributed by atoms with Crippen LogP contribution in [-0.2, 0) is 10.9 Å². The number of hydrogen-bond acceptors (Lipinski definition) is 5. The van der Waals surface area contributed by atoms with Crippen molar-refractivity contribution in [3.63, 3.8) is 0 Å². The molecule has 3 N–H and O–H groups in total. The molecule has 160 valence electrons. The third-order valence-electron chi connectivity index (χ3n) is 4.51. The predicted octanol–water partition coefficient (Wildman–Crippen LogP) is 4.89. The first-order valence-corrected chi connectivity index (χ1v) is 9.30. The molecule has 3 rings (SSSR count). The summed E-state index contributed by atoms with van der Waals surface area (Å²) in [7, 11) is 0. The SMILES string of the molecule is N=C(F)c1c(NC2CCOCC2)ncc(C(=O)Nc2ccc(C(F)(F)F)cc2)c1Cl. The van der Waals surface area contributed by atoms with Crippen LogP contribution < -0.4 is 10.6 Å². The Labute approximate surface area is 174 Å². The lowest BCUT2D eigenvalue weighted by molar-refractivity contribution is -0.137. The van der Waals surface area contributed by atoms with E-state index in [9.17, 15) is 22.4 Å². The molecule has 0 bridgehead atoms. The van der Waals surface area contributed by atoms with E-state index in [2.05, 4.69) is 15.6 Å². The maximum atomic E-state index is 13.9. The molecule has 1 aromatic carbocycles. The molecule has 30 heavy (non-hydrogen) atoms. The Bertz CT molecular complexity index is 945. The van der Waals surface area contributed by atoms with Crippen LogP contribution in [0.4, 0.5) is 29.1 Å². The number of pyridine rings is 1. The van der Waals surface area contributed by atoms with Crippen molar-refractivity contribution in [2.75, 3.05) is 23.8 Å². The molecule has 11 heteroatoms. The van der Waals surface area contributed by atoms with Crippen molar-refractivity contribution in [3.05, 3.63) is 52.2 Å². The van der Waals surface area contributed by atoms with Crippen LogP contribution in [0.3, 0.4) is 0 Å². The molecule has 1 aromatic heterocycles. The van der Waals surface area contributed by atoms with Crippen molar-refractivity contribution in [2.45, 2.75) is 25.1 Å². The fourth-order valence-electron chi connectivity index (χ4n) is 2.93. The molecule has 0 unspecified atom stereocenters. The fraction of sp³-hybridized carbons (Fsp3) is 0.316. The Morgan fingerprint density at radius 1 is 1.20 bits per heavy atom. The monoisotopic (exact) mass is 444 g/mol. The van der Waals surface area contributed by atoms with Crippen molar-refractivity contribution in [2.24, 2.45) is 0 Å². The second kappa shape index (κ2) is 8.97. The first-order valence-electron chi connectivity index (χ1n) is 8.92.